The van der Waals surface area contributed by atoms with Gasteiger partial charge in [-0.1, -0.05) is 29.1 Å². The Morgan fingerprint density at radius 1 is 0.559 bits per heavy atom. The number of para-hydroxylation sites is 1. The van der Waals surface area contributed by atoms with Crippen LogP contribution in [0.5, 0.6) is 0 Å². The lowest BCUT2D eigenvalue weighted by Crippen LogP contribution is -2.79. The van der Waals surface area contributed by atoms with E-state index in [0.29, 0.717) is 0 Å². The first kappa shape index (κ1) is 24.1. The molecule has 1 aliphatic heterocycles. The van der Waals surface area contributed by atoms with Gasteiger partial charge in [0.05, 0.1) is 5.69 Å². The third-order valence-corrected chi connectivity index (χ3v) is 7.01. The lowest BCUT2D eigenvalue weighted by molar-refractivity contribution is 0.379. The molecule has 1 nitrogen and oxygen atoms in total. The standard InChI is InChI=1S/C22H14BF10N/c1-34(10-6-3-2-4-7-10)9-5-8-23(34,11-13(24)17(28)21(32)18(29)14(11)25)12-15(26)19(30)22(33)20(31)16(12)27/h2-4,6-7H,5,8-9H2,1H3. The lowest BCUT2D eigenvalue weighted by atomic mass is 9.24. The van der Waals surface area contributed by atoms with Crippen molar-refractivity contribution in [1.82, 2.24) is 4.39 Å². The Labute approximate surface area is 186 Å². The summed E-state index contributed by atoms with van der Waals surface area (Å²) in [7, 11) is 1.19. The van der Waals surface area contributed by atoms with Gasteiger partial charge < -0.3 is 4.39 Å². The van der Waals surface area contributed by atoms with Crippen LogP contribution in [-0.2, 0) is 0 Å². The van der Waals surface area contributed by atoms with E-state index in [0.717, 1.165) is 0 Å². The van der Waals surface area contributed by atoms with Gasteiger partial charge in [0.15, 0.2) is 34.9 Å². The summed E-state index contributed by atoms with van der Waals surface area (Å²) in [5.74, 6) is -24.2. The average molecular weight is 493 g/mol. The van der Waals surface area contributed by atoms with E-state index < -0.39 is 86.1 Å². The van der Waals surface area contributed by atoms with Crippen LogP contribution in [0.2, 0.25) is 6.32 Å². The van der Waals surface area contributed by atoms with Crippen LogP contribution < -0.4 is 15.3 Å². The van der Waals surface area contributed by atoms with Crippen LogP contribution >= 0.6 is 0 Å². The van der Waals surface area contributed by atoms with Crippen LogP contribution in [0.4, 0.5) is 49.6 Å². The third kappa shape index (κ3) is 2.93. The van der Waals surface area contributed by atoms with E-state index in [9.17, 15) is 26.3 Å². The zero-order valence-electron chi connectivity index (χ0n) is 17.3. The van der Waals surface area contributed by atoms with Crippen molar-refractivity contribution in [3.8, 4) is 0 Å². The molecule has 0 spiro atoms. The fourth-order valence-corrected chi connectivity index (χ4v) is 5.46. The highest BCUT2D eigenvalue weighted by atomic mass is 19.2. The minimum absolute atomic E-state index is 0.0929. The molecule has 12 heteroatoms. The topological polar surface area (TPSA) is 0 Å². The molecule has 1 atom stereocenters. The first-order valence-electron chi connectivity index (χ1n) is 10.0. The molecule has 1 unspecified atom stereocenters. The van der Waals surface area contributed by atoms with Crippen molar-refractivity contribution in [2.75, 3.05) is 13.6 Å². The smallest absolute Gasteiger partial charge is 0.280 e. The number of hydrogen-bond donors (Lipinski definition) is 0. The van der Waals surface area contributed by atoms with Crippen molar-refractivity contribution in [3.05, 3.63) is 88.5 Å². The van der Waals surface area contributed by atoms with Gasteiger partial charge >= 0.3 is 0 Å². The first-order chi connectivity index (χ1) is 15.9. The number of nitrogens with zero attached hydrogens (tertiary/aromatic N) is 1. The minimum Gasteiger partial charge on any atom is -0.476 e. The van der Waals surface area contributed by atoms with E-state index in [4.69, 9.17) is 0 Å². The van der Waals surface area contributed by atoms with E-state index >= 15 is 17.6 Å². The Kier molecular flexibility index (Phi) is 5.70. The number of halogens is 10. The Morgan fingerprint density at radius 2 is 0.912 bits per heavy atom. The van der Waals surface area contributed by atoms with Gasteiger partial charge in [0.2, 0.25) is 0 Å². The minimum atomic E-state index is -3.89. The Bertz CT molecular complexity index is 1190. The van der Waals surface area contributed by atoms with Crippen molar-refractivity contribution < 1.29 is 43.9 Å². The molecule has 1 aliphatic rings. The van der Waals surface area contributed by atoms with Gasteiger partial charge in [0.1, 0.15) is 23.3 Å². The molecule has 0 saturated carbocycles. The number of hydrogen-bond acceptors (Lipinski definition) is 0. The molecule has 0 aromatic heterocycles. The van der Waals surface area contributed by atoms with Gasteiger partial charge in [-0.2, -0.15) is 0 Å². The average Bonchev–Trinajstić information content (AvgIpc) is 3.17. The molecule has 3 aromatic rings. The van der Waals surface area contributed by atoms with Crippen LogP contribution in [0.15, 0.2) is 30.3 Å². The lowest BCUT2D eigenvalue weighted by Gasteiger charge is -2.54. The zero-order valence-corrected chi connectivity index (χ0v) is 17.3. The van der Waals surface area contributed by atoms with Crippen molar-refractivity contribution in [2.24, 2.45) is 0 Å². The summed E-state index contributed by atoms with van der Waals surface area (Å²) in [6.45, 7) is -0.164. The number of benzene rings is 3. The van der Waals surface area contributed by atoms with E-state index in [1.165, 1.54) is 37.4 Å². The van der Waals surface area contributed by atoms with Crippen molar-refractivity contribution >= 4 is 22.9 Å². The molecule has 34 heavy (non-hydrogen) atoms. The molecule has 3 aromatic carbocycles. The predicted molar refractivity (Wildman–Crippen MR) is 106 cm³/mol. The van der Waals surface area contributed by atoms with E-state index in [2.05, 4.69) is 0 Å². The van der Waals surface area contributed by atoms with Gasteiger partial charge in [0, 0.05) is 13.6 Å². The maximum Gasteiger partial charge on any atom is 0.280 e. The fourth-order valence-electron chi connectivity index (χ4n) is 5.46. The van der Waals surface area contributed by atoms with Gasteiger partial charge in [-0.25, -0.2) is 43.9 Å². The van der Waals surface area contributed by atoms with E-state index in [1.54, 1.807) is 0 Å². The summed E-state index contributed by atoms with van der Waals surface area (Å²) in [6, 6.07) is 7.13. The number of rotatable bonds is 3. The second kappa shape index (κ2) is 8.04. The Balaban J connectivity index is 2.28. The summed E-state index contributed by atoms with van der Waals surface area (Å²) in [5, 5.41) is 0. The fraction of sp³-hybridized carbons (Fsp3) is 0.182. The molecule has 180 valence electrons. The van der Waals surface area contributed by atoms with Crippen LogP contribution in [0.25, 0.3) is 0 Å². The van der Waals surface area contributed by atoms with E-state index in [1.807, 2.05) is 0 Å². The molecule has 0 radical (unpaired) electrons. The quantitative estimate of drug-likeness (QED) is 0.204. The van der Waals surface area contributed by atoms with Crippen LogP contribution in [0.1, 0.15) is 6.42 Å². The molecular weight excluding hydrogens is 479 g/mol. The maximum atomic E-state index is 15.2. The summed E-state index contributed by atoms with van der Waals surface area (Å²) in [4.78, 5) is 0. The highest BCUT2D eigenvalue weighted by Crippen LogP contribution is 2.41. The molecule has 0 bridgehead atoms. The molecule has 0 aliphatic carbocycles. The van der Waals surface area contributed by atoms with Crippen molar-refractivity contribution in [1.29, 1.82) is 0 Å². The van der Waals surface area contributed by atoms with Crippen molar-refractivity contribution in [2.45, 2.75) is 12.7 Å². The normalized spacial score (nSPS) is 19.6. The van der Waals surface area contributed by atoms with Crippen LogP contribution in [-0.4, -0.2) is 19.9 Å². The molecule has 1 saturated heterocycles. The third-order valence-electron chi connectivity index (χ3n) is 7.01. The summed E-state index contributed by atoms with van der Waals surface area (Å²) in [5.41, 5.74) is -3.14. The zero-order chi connectivity index (χ0) is 25.2. The number of quaternary nitrogens is 1. The molecule has 0 amide bonds. The van der Waals surface area contributed by atoms with E-state index in [-0.39, 0.29) is 18.7 Å². The molecule has 1 heterocycles. The van der Waals surface area contributed by atoms with Gasteiger partial charge in [-0.15, -0.1) is 6.32 Å². The predicted octanol–water partition coefficient (Wildman–Crippen LogP) is 5.18. The summed E-state index contributed by atoms with van der Waals surface area (Å²) < 4.78 is 144. The molecular formula is C22H14BF10N. The highest BCUT2D eigenvalue weighted by Gasteiger charge is 2.58. The summed E-state index contributed by atoms with van der Waals surface area (Å²) in [6.07, 6.45) is -4.62. The molecule has 1 fully saturated rings. The second-order valence-corrected chi connectivity index (χ2v) is 8.43. The monoisotopic (exact) mass is 493 g/mol. The molecule has 0 N–H and O–H groups in total. The van der Waals surface area contributed by atoms with Gasteiger partial charge in [-0.05, 0) is 18.6 Å². The van der Waals surface area contributed by atoms with Crippen LogP contribution in [0.3, 0.4) is 0 Å². The summed E-state index contributed by atoms with van der Waals surface area (Å²) >= 11 is 0. The Hall–Kier alpha value is -3.02. The van der Waals surface area contributed by atoms with Gasteiger partial charge in [-0.3, -0.25) is 0 Å². The highest BCUT2D eigenvalue weighted by molar-refractivity contribution is 7.03. The SMILES string of the molecule is C[N+]1(c2ccccc2)CCC[B-]1(c1c(F)c(F)c(F)c(F)c1F)c1c(F)c(F)c(F)c(F)c1F. The largest absolute Gasteiger partial charge is 0.476 e. The van der Waals surface area contributed by atoms with Crippen LogP contribution in [0, 0.1) is 58.2 Å². The molecule has 4 rings (SSSR count). The van der Waals surface area contributed by atoms with Crippen molar-refractivity contribution in [3.63, 3.8) is 0 Å². The second-order valence-electron chi connectivity index (χ2n) is 8.43. The van der Waals surface area contributed by atoms with Gasteiger partial charge in [0.25, 0.3) is 6.28 Å². The maximum absolute atomic E-state index is 15.2. The first-order valence-corrected chi connectivity index (χ1v) is 10.0. The Morgan fingerprint density at radius 3 is 1.29 bits per heavy atom.